The Morgan fingerprint density at radius 1 is 0.479 bits per heavy atom. The van der Waals surface area contributed by atoms with Gasteiger partial charge in [0.2, 0.25) is 0 Å². The normalized spacial score (nSPS) is 10.9. The van der Waals surface area contributed by atoms with Crippen LogP contribution in [0, 0.1) is 17.9 Å². The van der Waals surface area contributed by atoms with Crippen LogP contribution in [0.4, 0.5) is 5.69 Å². The molecule has 1 aromatic heterocycles. The molecule has 0 atom stereocenters. The molecule has 0 amide bonds. The largest absolute Gasteiger partial charge is 0.238 e. The van der Waals surface area contributed by atoms with E-state index in [-0.39, 0.29) is 0 Å². The molecule has 0 radical (unpaired) electrons. The average molecular weight is 611 g/mol. The summed E-state index contributed by atoms with van der Waals surface area (Å²) in [6.07, 6.45) is 0. The van der Waals surface area contributed by atoms with Crippen LogP contribution in [0.15, 0.2) is 158 Å². The van der Waals surface area contributed by atoms with Crippen molar-refractivity contribution in [3.8, 4) is 62.2 Å². The van der Waals surface area contributed by atoms with E-state index in [1.807, 2.05) is 78.9 Å². The molecule has 0 saturated heterocycles. The summed E-state index contributed by atoms with van der Waals surface area (Å²) in [6.45, 7) is 7.24. The monoisotopic (exact) mass is 610 g/mol. The smallest absolute Gasteiger partial charge is 0.187 e. The van der Waals surface area contributed by atoms with Gasteiger partial charge in [0.25, 0.3) is 0 Å². The SMILES string of the molecule is [C-]#[N+]c1ccc(-c2ccc3cc(-c4cc(-c5ccc(-c6ccc(C#N)cc6)c6ccccc56)nc(-c5ccccc5)n4)ccc3c2)cc1. The molecule has 8 aromatic rings. The predicted octanol–water partition coefficient (Wildman–Crippen LogP) is 11.5. The van der Waals surface area contributed by atoms with Gasteiger partial charge in [0, 0.05) is 16.7 Å². The minimum absolute atomic E-state index is 0.638. The van der Waals surface area contributed by atoms with Gasteiger partial charge in [-0.1, -0.05) is 127 Å². The first-order valence-corrected chi connectivity index (χ1v) is 15.7. The van der Waals surface area contributed by atoms with Gasteiger partial charge in [-0.05, 0) is 74.1 Å². The third-order valence-electron chi connectivity index (χ3n) is 8.75. The number of hydrogen-bond donors (Lipinski definition) is 0. The standard InChI is InChI=1S/C44H26N4/c1-46-37-21-19-30(20-22-37)33-15-16-35-26-36(18-17-34(35)25-33)42-27-43(48-44(47-42)32-7-3-2-4-8-32)41-24-23-38(39-9-5-6-10-40(39)41)31-13-11-29(28-45)12-14-31/h2-27H. The molecular formula is C44H26N4. The topological polar surface area (TPSA) is 53.9 Å². The van der Waals surface area contributed by atoms with Crippen LogP contribution in [0.2, 0.25) is 0 Å². The molecule has 8 rings (SSSR count). The number of nitrogens with zero attached hydrogens (tertiary/aromatic N) is 4. The summed E-state index contributed by atoms with van der Waals surface area (Å²) in [6, 6.07) is 55.5. The fraction of sp³-hybridized carbons (Fsp3) is 0. The molecule has 4 nitrogen and oxygen atoms in total. The van der Waals surface area contributed by atoms with Gasteiger partial charge < -0.3 is 0 Å². The highest BCUT2D eigenvalue weighted by Crippen LogP contribution is 2.37. The maximum absolute atomic E-state index is 9.29. The third-order valence-corrected chi connectivity index (χ3v) is 8.75. The molecule has 0 aliphatic carbocycles. The lowest BCUT2D eigenvalue weighted by atomic mass is 9.93. The van der Waals surface area contributed by atoms with Crippen LogP contribution in [0.25, 0.3) is 82.5 Å². The van der Waals surface area contributed by atoms with E-state index in [9.17, 15) is 5.26 Å². The van der Waals surface area contributed by atoms with Crippen LogP contribution in [0.1, 0.15) is 5.56 Å². The summed E-state index contributed by atoms with van der Waals surface area (Å²) < 4.78 is 0. The van der Waals surface area contributed by atoms with Crippen molar-refractivity contribution < 1.29 is 0 Å². The predicted molar refractivity (Wildman–Crippen MR) is 195 cm³/mol. The van der Waals surface area contributed by atoms with Crippen LogP contribution < -0.4 is 0 Å². The third kappa shape index (κ3) is 5.35. The summed E-state index contributed by atoms with van der Waals surface area (Å²) in [7, 11) is 0. The maximum Gasteiger partial charge on any atom is 0.187 e. The Morgan fingerprint density at radius 3 is 1.77 bits per heavy atom. The van der Waals surface area contributed by atoms with Crippen molar-refractivity contribution in [3.63, 3.8) is 0 Å². The van der Waals surface area contributed by atoms with Gasteiger partial charge in [0.05, 0.1) is 29.6 Å². The molecule has 0 spiro atoms. The minimum Gasteiger partial charge on any atom is -0.238 e. The zero-order valence-electron chi connectivity index (χ0n) is 25.8. The Hall–Kier alpha value is -6.88. The summed E-state index contributed by atoms with van der Waals surface area (Å²) >= 11 is 0. The Kier molecular flexibility index (Phi) is 7.23. The summed E-state index contributed by atoms with van der Waals surface area (Å²) in [4.78, 5) is 13.7. The molecule has 0 unspecified atom stereocenters. The average Bonchev–Trinajstić information content (AvgIpc) is 3.17. The van der Waals surface area contributed by atoms with Gasteiger partial charge in [-0.25, -0.2) is 14.8 Å². The van der Waals surface area contributed by atoms with Gasteiger partial charge in [-0.15, -0.1) is 0 Å². The molecule has 1 heterocycles. The fourth-order valence-corrected chi connectivity index (χ4v) is 6.26. The van der Waals surface area contributed by atoms with Crippen molar-refractivity contribution in [1.29, 1.82) is 5.26 Å². The Bertz CT molecular complexity index is 2560. The number of aromatic nitrogens is 2. The number of hydrogen-bond acceptors (Lipinski definition) is 3. The molecular weight excluding hydrogens is 585 g/mol. The number of benzene rings is 7. The van der Waals surface area contributed by atoms with Gasteiger partial charge in [0.15, 0.2) is 11.5 Å². The molecule has 0 bridgehead atoms. The van der Waals surface area contributed by atoms with E-state index in [0.29, 0.717) is 17.1 Å². The molecule has 7 aromatic carbocycles. The molecule has 0 N–H and O–H groups in total. The molecule has 0 saturated carbocycles. The first-order chi connectivity index (χ1) is 23.7. The van der Waals surface area contributed by atoms with Crippen molar-refractivity contribution in [1.82, 2.24) is 9.97 Å². The van der Waals surface area contributed by atoms with E-state index in [4.69, 9.17) is 16.5 Å². The quantitative estimate of drug-likeness (QED) is 0.182. The van der Waals surface area contributed by atoms with E-state index in [2.05, 4.69) is 89.8 Å². The lowest BCUT2D eigenvalue weighted by Crippen LogP contribution is -1.97. The van der Waals surface area contributed by atoms with Crippen molar-refractivity contribution in [2.24, 2.45) is 0 Å². The second-order valence-corrected chi connectivity index (χ2v) is 11.7. The molecule has 222 valence electrons. The fourth-order valence-electron chi connectivity index (χ4n) is 6.26. The maximum atomic E-state index is 9.29. The molecule has 0 aliphatic heterocycles. The lowest BCUT2D eigenvalue weighted by Gasteiger charge is -2.14. The Labute approximate surface area is 278 Å². The van der Waals surface area contributed by atoms with E-state index in [1.54, 1.807) is 0 Å². The molecule has 48 heavy (non-hydrogen) atoms. The van der Waals surface area contributed by atoms with Gasteiger partial charge in [-0.2, -0.15) is 5.26 Å². The number of fused-ring (bicyclic) bond motifs is 2. The van der Waals surface area contributed by atoms with Gasteiger partial charge >= 0.3 is 0 Å². The lowest BCUT2D eigenvalue weighted by molar-refractivity contribution is 1.19. The van der Waals surface area contributed by atoms with Crippen molar-refractivity contribution in [3.05, 3.63) is 175 Å². The summed E-state index contributed by atoms with van der Waals surface area (Å²) in [5.41, 5.74) is 10.3. The zero-order chi connectivity index (χ0) is 32.5. The second kappa shape index (κ2) is 12.1. The highest BCUT2D eigenvalue weighted by molar-refractivity contribution is 6.05. The number of rotatable bonds is 5. The van der Waals surface area contributed by atoms with Crippen LogP contribution in [0.5, 0.6) is 0 Å². The van der Waals surface area contributed by atoms with Crippen LogP contribution in [-0.4, -0.2) is 9.97 Å². The van der Waals surface area contributed by atoms with E-state index in [0.717, 1.165) is 71.9 Å². The van der Waals surface area contributed by atoms with Crippen molar-refractivity contribution >= 4 is 27.2 Å². The highest BCUT2D eigenvalue weighted by atomic mass is 14.9. The van der Waals surface area contributed by atoms with Crippen molar-refractivity contribution in [2.75, 3.05) is 0 Å². The summed E-state index contributed by atoms with van der Waals surface area (Å²) in [5.74, 6) is 0.668. The molecule has 0 aliphatic rings. The molecule has 4 heteroatoms. The minimum atomic E-state index is 0.638. The van der Waals surface area contributed by atoms with E-state index < -0.39 is 0 Å². The van der Waals surface area contributed by atoms with E-state index in [1.165, 1.54) is 0 Å². The molecule has 0 fully saturated rings. The number of nitriles is 1. The Balaban J connectivity index is 1.25. The zero-order valence-corrected chi connectivity index (χ0v) is 25.8. The first-order valence-electron chi connectivity index (χ1n) is 15.7. The first kappa shape index (κ1) is 28.6. The summed E-state index contributed by atoms with van der Waals surface area (Å²) in [5, 5.41) is 13.8. The van der Waals surface area contributed by atoms with E-state index >= 15 is 0 Å². The Morgan fingerprint density at radius 2 is 1.06 bits per heavy atom. The second-order valence-electron chi connectivity index (χ2n) is 11.7. The van der Waals surface area contributed by atoms with Crippen LogP contribution in [0.3, 0.4) is 0 Å². The van der Waals surface area contributed by atoms with Crippen LogP contribution in [-0.2, 0) is 0 Å². The van der Waals surface area contributed by atoms with Crippen molar-refractivity contribution in [2.45, 2.75) is 0 Å². The highest BCUT2D eigenvalue weighted by Gasteiger charge is 2.15. The van der Waals surface area contributed by atoms with Crippen LogP contribution >= 0.6 is 0 Å². The van der Waals surface area contributed by atoms with Gasteiger partial charge in [0.1, 0.15) is 0 Å². The van der Waals surface area contributed by atoms with Gasteiger partial charge in [-0.3, -0.25) is 0 Å².